The molecule has 1 aliphatic rings. The van der Waals surface area contributed by atoms with Gasteiger partial charge in [0.2, 0.25) is 5.91 Å². The molecular formula is C18H23NO2. The SMILES string of the molecule is COc1ccc(C#CCNC(=O)CCC2CCCC2)cc1. The smallest absolute Gasteiger partial charge is 0.220 e. The van der Waals surface area contributed by atoms with Gasteiger partial charge < -0.3 is 10.1 Å². The number of methoxy groups -OCH3 is 1. The summed E-state index contributed by atoms with van der Waals surface area (Å²) in [6.45, 7) is 0.412. The predicted octanol–water partition coefficient (Wildman–Crippen LogP) is 3.13. The molecule has 3 nitrogen and oxygen atoms in total. The average molecular weight is 285 g/mol. The van der Waals surface area contributed by atoms with E-state index in [0.29, 0.717) is 13.0 Å². The van der Waals surface area contributed by atoms with Gasteiger partial charge in [0.15, 0.2) is 0 Å². The van der Waals surface area contributed by atoms with Crippen LogP contribution in [0.25, 0.3) is 0 Å². The first-order valence-corrected chi connectivity index (χ1v) is 7.67. The second kappa shape index (κ2) is 8.36. The average Bonchev–Trinajstić information content (AvgIpc) is 3.03. The van der Waals surface area contributed by atoms with Gasteiger partial charge in [-0.1, -0.05) is 37.5 Å². The number of carbonyl (C=O) groups is 1. The van der Waals surface area contributed by atoms with Crippen LogP contribution < -0.4 is 10.1 Å². The normalized spacial score (nSPS) is 14.3. The molecule has 0 atom stereocenters. The maximum Gasteiger partial charge on any atom is 0.220 e. The molecule has 0 heterocycles. The van der Waals surface area contributed by atoms with Crippen LogP contribution in [0.3, 0.4) is 0 Å². The molecule has 112 valence electrons. The van der Waals surface area contributed by atoms with Gasteiger partial charge in [0.1, 0.15) is 5.75 Å². The number of carbonyl (C=O) groups excluding carboxylic acids is 1. The molecule has 0 bridgehead atoms. The summed E-state index contributed by atoms with van der Waals surface area (Å²) >= 11 is 0. The number of benzene rings is 1. The Labute approximate surface area is 127 Å². The Morgan fingerprint density at radius 1 is 1.29 bits per heavy atom. The Hall–Kier alpha value is -1.95. The van der Waals surface area contributed by atoms with Gasteiger partial charge in [-0.3, -0.25) is 4.79 Å². The Morgan fingerprint density at radius 3 is 2.67 bits per heavy atom. The molecular weight excluding hydrogens is 262 g/mol. The van der Waals surface area contributed by atoms with Crippen molar-refractivity contribution in [2.24, 2.45) is 5.92 Å². The lowest BCUT2D eigenvalue weighted by Crippen LogP contribution is -2.23. The van der Waals surface area contributed by atoms with Gasteiger partial charge in [-0.05, 0) is 36.6 Å². The maximum atomic E-state index is 11.7. The van der Waals surface area contributed by atoms with Crippen LogP contribution in [0.2, 0.25) is 0 Å². The van der Waals surface area contributed by atoms with Gasteiger partial charge in [0, 0.05) is 12.0 Å². The zero-order valence-electron chi connectivity index (χ0n) is 12.7. The maximum absolute atomic E-state index is 11.7. The lowest BCUT2D eigenvalue weighted by atomic mass is 10.0. The molecule has 1 fully saturated rings. The lowest BCUT2D eigenvalue weighted by molar-refractivity contribution is -0.121. The van der Waals surface area contributed by atoms with Gasteiger partial charge in [-0.2, -0.15) is 0 Å². The van der Waals surface area contributed by atoms with E-state index in [9.17, 15) is 4.79 Å². The fourth-order valence-corrected chi connectivity index (χ4v) is 2.69. The standard InChI is InChI=1S/C18H23NO2/c1-21-17-11-8-16(9-12-17)7-4-14-19-18(20)13-10-15-5-2-3-6-15/h8-9,11-12,15H,2-3,5-6,10,13-14H2,1H3,(H,19,20). The lowest BCUT2D eigenvalue weighted by Gasteiger charge is -2.07. The van der Waals surface area contributed by atoms with Crippen LogP contribution in [-0.4, -0.2) is 19.6 Å². The molecule has 2 rings (SSSR count). The topological polar surface area (TPSA) is 38.3 Å². The second-order valence-corrected chi connectivity index (χ2v) is 5.50. The molecule has 1 amide bonds. The molecule has 0 aliphatic heterocycles. The zero-order valence-corrected chi connectivity index (χ0v) is 12.7. The first-order chi connectivity index (χ1) is 10.3. The molecule has 0 aromatic heterocycles. The highest BCUT2D eigenvalue weighted by atomic mass is 16.5. The fourth-order valence-electron chi connectivity index (χ4n) is 2.69. The van der Waals surface area contributed by atoms with E-state index < -0.39 is 0 Å². The van der Waals surface area contributed by atoms with Crippen molar-refractivity contribution in [2.75, 3.05) is 13.7 Å². The van der Waals surface area contributed by atoms with Crippen LogP contribution in [-0.2, 0) is 4.79 Å². The molecule has 0 unspecified atom stereocenters. The van der Waals surface area contributed by atoms with Crippen LogP contribution >= 0.6 is 0 Å². The Bertz CT molecular complexity index is 504. The van der Waals surface area contributed by atoms with E-state index in [0.717, 1.165) is 23.7 Å². The molecule has 0 spiro atoms. The molecule has 0 saturated heterocycles. The van der Waals surface area contributed by atoms with Crippen molar-refractivity contribution in [3.05, 3.63) is 29.8 Å². The molecule has 1 aromatic carbocycles. The monoisotopic (exact) mass is 285 g/mol. The highest BCUT2D eigenvalue weighted by molar-refractivity contribution is 5.76. The number of hydrogen-bond donors (Lipinski definition) is 1. The summed E-state index contributed by atoms with van der Waals surface area (Å²) < 4.78 is 5.09. The van der Waals surface area contributed by atoms with Crippen molar-refractivity contribution in [1.29, 1.82) is 0 Å². The van der Waals surface area contributed by atoms with Gasteiger partial charge in [0.25, 0.3) is 0 Å². The number of hydrogen-bond acceptors (Lipinski definition) is 2. The summed E-state index contributed by atoms with van der Waals surface area (Å²) in [7, 11) is 1.64. The number of ether oxygens (including phenoxy) is 1. The van der Waals surface area contributed by atoms with Gasteiger partial charge in [0.05, 0.1) is 13.7 Å². The minimum absolute atomic E-state index is 0.117. The second-order valence-electron chi connectivity index (χ2n) is 5.50. The first kappa shape index (κ1) is 15.4. The van der Waals surface area contributed by atoms with Gasteiger partial charge in [-0.25, -0.2) is 0 Å². The third kappa shape index (κ3) is 5.51. The van der Waals surface area contributed by atoms with Crippen molar-refractivity contribution in [3.8, 4) is 17.6 Å². The van der Waals surface area contributed by atoms with E-state index in [1.54, 1.807) is 7.11 Å². The summed E-state index contributed by atoms with van der Waals surface area (Å²) in [5, 5.41) is 2.86. The number of nitrogens with one attached hydrogen (secondary N) is 1. The van der Waals surface area contributed by atoms with Gasteiger partial charge in [-0.15, -0.1) is 0 Å². The van der Waals surface area contributed by atoms with Gasteiger partial charge >= 0.3 is 0 Å². The molecule has 1 aromatic rings. The van der Waals surface area contributed by atoms with Crippen molar-refractivity contribution in [3.63, 3.8) is 0 Å². The molecule has 3 heteroatoms. The van der Waals surface area contributed by atoms with E-state index in [4.69, 9.17) is 4.74 Å². The largest absolute Gasteiger partial charge is 0.497 e. The van der Waals surface area contributed by atoms with Crippen molar-refractivity contribution >= 4 is 5.91 Å². The minimum Gasteiger partial charge on any atom is -0.497 e. The predicted molar refractivity (Wildman–Crippen MR) is 84.1 cm³/mol. The minimum atomic E-state index is 0.117. The van der Waals surface area contributed by atoms with E-state index in [2.05, 4.69) is 17.2 Å². The fraction of sp³-hybridized carbons (Fsp3) is 0.500. The van der Waals surface area contributed by atoms with Crippen molar-refractivity contribution < 1.29 is 9.53 Å². The quantitative estimate of drug-likeness (QED) is 0.844. The Morgan fingerprint density at radius 2 is 2.00 bits per heavy atom. The molecule has 0 radical (unpaired) electrons. The van der Waals surface area contributed by atoms with Crippen LogP contribution in [0, 0.1) is 17.8 Å². The van der Waals surface area contributed by atoms with Crippen molar-refractivity contribution in [1.82, 2.24) is 5.32 Å². The zero-order chi connectivity index (χ0) is 14.9. The molecule has 1 saturated carbocycles. The third-order valence-electron chi connectivity index (χ3n) is 3.95. The summed E-state index contributed by atoms with van der Waals surface area (Å²) in [5.74, 6) is 7.71. The first-order valence-electron chi connectivity index (χ1n) is 7.67. The van der Waals surface area contributed by atoms with Crippen LogP contribution in [0.1, 0.15) is 44.1 Å². The van der Waals surface area contributed by atoms with Crippen LogP contribution in [0.5, 0.6) is 5.75 Å². The van der Waals surface area contributed by atoms with Crippen LogP contribution in [0.4, 0.5) is 0 Å². The van der Waals surface area contributed by atoms with E-state index >= 15 is 0 Å². The highest BCUT2D eigenvalue weighted by Crippen LogP contribution is 2.28. The Balaban J connectivity index is 1.66. The van der Waals surface area contributed by atoms with Crippen LogP contribution in [0.15, 0.2) is 24.3 Å². The molecule has 21 heavy (non-hydrogen) atoms. The summed E-state index contributed by atoms with van der Waals surface area (Å²) in [6.07, 6.45) is 6.92. The summed E-state index contributed by atoms with van der Waals surface area (Å²) in [6, 6.07) is 7.58. The highest BCUT2D eigenvalue weighted by Gasteiger charge is 2.15. The molecule has 1 N–H and O–H groups in total. The van der Waals surface area contributed by atoms with E-state index in [-0.39, 0.29) is 5.91 Å². The summed E-state index contributed by atoms with van der Waals surface area (Å²) in [4.78, 5) is 11.7. The van der Waals surface area contributed by atoms with Crippen molar-refractivity contribution in [2.45, 2.75) is 38.5 Å². The molecule has 1 aliphatic carbocycles. The van der Waals surface area contributed by atoms with E-state index in [1.807, 2.05) is 24.3 Å². The number of amides is 1. The Kier molecular flexibility index (Phi) is 6.15. The summed E-state index contributed by atoms with van der Waals surface area (Å²) in [5.41, 5.74) is 0.927. The third-order valence-corrected chi connectivity index (χ3v) is 3.95. The van der Waals surface area contributed by atoms with E-state index in [1.165, 1.54) is 25.7 Å². The number of rotatable bonds is 5.